The van der Waals surface area contributed by atoms with Crippen molar-refractivity contribution in [1.29, 1.82) is 0 Å². The summed E-state index contributed by atoms with van der Waals surface area (Å²) in [4.78, 5) is 11.3. The first kappa shape index (κ1) is 12.5. The minimum absolute atomic E-state index is 0.0568. The quantitative estimate of drug-likeness (QED) is 0.682. The Kier molecular flexibility index (Phi) is 4.54. The molecule has 4 heteroatoms. The molecule has 1 fully saturated rings. The Hall–Kier alpha value is -0.610. The van der Waals surface area contributed by atoms with E-state index in [0.29, 0.717) is 0 Å². The van der Waals surface area contributed by atoms with Crippen molar-refractivity contribution in [2.75, 3.05) is 20.3 Å². The molecule has 0 radical (unpaired) electrons. The third kappa shape index (κ3) is 3.47. The minimum atomic E-state index is -0.412. The van der Waals surface area contributed by atoms with Crippen molar-refractivity contribution >= 4 is 5.91 Å². The van der Waals surface area contributed by atoms with Gasteiger partial charge in [-0.2, -0.15) is 0 Å². The number of rotatable bonds is 6. The molecule has 1 saturated carbocycles. The number of amides is 1. The van der Waals surface area contributed by atoms with Gasteiger partial charge in [0.25, 0.3) is 0 Å². The molecule has 0 spiro atoms. The SMILES string of the molecule is COCCC1(CNC(=O)[C@H](C)N)CCC1. The maximum atomic E-state index is 11.3. The number of carbonyl (C=O) groups is 1. The Morgan fingerprint density at radius 1 is 1.60 bits per heavy atom. The minimum Gasteiger partial charge on any atom is -0.385 e. The Bertz CT molecular complexity index is 213. The Morgan fingerprint density at radius 2 is 2.27 bits per heavy atom. The van der Waals surface area contributed by atoms with Crippen molar-refractivity contribution in [1.82, 2.24) is 5.32 Å². The van der Waals surface area contributed by atoms with E-state index >= 15 is 0 Å². The maximum absolute atomic E-state index is 11.3. The molecule has 1 aliphatic carbocycles. The lowest BCUT2D eigenvalue weighted by Crippen LogP contribution is -2.47. The summed E-state index contributed by atoms with van der Waals surface area (Å²) in [6.07, 6.45) is 4.67. The fraction of sp³-hybridized carbons (Fsp3) is 0.909. The zero-order chi connectivity index (χ0) is 11.3. The van der Waals surface area contributed by atoms with Gasteiger partial charge in [-0.05, 0) is 31.6 Å². The summed E-state index contributed by atoms with van der Waals surface area (Å²) in [6.45, 7) is 3.22. The molecule has 4 nitrogen and oxygen atoms in total. The van der Waals surface area contributed by atoms with Crippen LogP contribution in [0.2, 0.25) is 0 Å². The van der Waals surface area contributed by atoms with Gasteiger partial charge in [-0.1, -0.05) is 6.42 Å². The fourth-order valence-electron chi connectivity index (χ4n) is 1.95. The molecular weight excluding hydrogens is 192 g/mol. The molecule has 1 atom stereocenters. The Labute approximate surface area is 91.5 Å². The predicted octanol–water partition coefficient (Wildman–Crippen LogP) is 0.657. The topological polar surface area (TPSA) is 64.3 Å². The van der Waals surface area contributed by atoms with Crippen LogP contribution >= 0.6 is 0 Å². The van der Waals surface area contributed by atoms with Gasteiger partial charge in [0.15, 0.2) is 0 Å². The highest BCUT2D eigenvalue weighted by Crippen LogP contribution is 2.43. The van der Waals surface area contributed by atoms with E-state index in [1.165, 1.54) is 19.3 Å². The second-order valence-corrected chi connectivity index (χ2v) is 4.60. The van der Waals surface area contributed by atoms with Gasteiger partial charge in [-0.25, -0.2) is 0 Å². The van der Waals surface area contributed by atoms with Crippen LogP contribution < -0.4 is 11.1 Å². The molecule has 0 aromatic heterocycles. The van der Waals surface area contributed by atoms with E-state index in [1.54, 1.807) is 14.0 Å². The van der Waals surface area contributed by atoms with Gasteiger partial charge in [-0.3, -0.25) is 4.79 Å². The molecule has 0 aliphatic heterocycles. The molecule has 0 aromatic rings. The smallest absolute Gasteiger partial charge is 0.236 e. The average molecular weight is 214 g/mol. The molecule has 0 aromatic carbocycles. The van der Waals surface area contributed by atoms with Gasteiger partial charge in [-0.15, -0.1) is 0 Å². The van der Waals surface area contributed by atoms with Crippen molar-refractivity contribution in [3.63, 3.8) is 0 Å². The van der Waals surface area contributed by atoms with Crippen molar-refractivity contribution in [3.8, 4) is 0 Å². The van der Waals surface area contributed by atoms with Gasteiger partial charge >= 0.3 is 0 Å². The molecular formula is C11H22N2O2. The van der Waals surface area contributed by atoms with Gasteiger partial charge in [0, 0.05) is 20.3 Å². The zero-order valence-corrected chi connectivity index (χ0v) is 9.71. The third-order valence-electron chi connectivity index (χ3n) is 3.30. The van der Waals surface area contributed by atoms with Crippen molar-refractivity contribution in [2.45, 2.75) is 38.6 Å². The molecule has 0 unspecified atom stereocenters. The highest BCUT2D eigenvalue weighted by atomic mass is 16.5. The number of hydrogen-bond acceptors (Lipinski definition) is 3. The lowest BCUT2D eigenvalue weighted by atomic mass is 9.66. The number of nitrogens with one attached hydrogen (secondary N) is 1. The standard InChI is InChI=1S/C11H22N2O2/c1-9(12)10(14)13-8-11(4-3-5-11)6-7-15-2/h9H,3-8,12H2,1-2H3,(H,13,14)/t9-/m0/s1. The summed E-state index contributed by atoms with van der Waals surface area (Å²) in [7, 11) is 1.72. The van der Waals surface area contributed by atoms with Crippen LogP contribution in [-0.2, 0) is 9.53 Å². The number of ether oxygens (including phenoxy) is 1. The van der Waals surface area contributed by atoms with Crippen LogP contribution in [0.4, 0.5) is 0 Å². The molecule has 1 rings (SSSR count). The summed E-state index contributed by atoms with van der Waals surface area (Å²) >= 11 is 0. The highest BCUT2D eigenvalue weighted by molar-refractivity contribution is 5.80. The summed E-state index contributed by atoms with van der Waals surface area (Å²) < 4.78 is 5.09. The Balaban J connectivity index is 2.30. The summed E-state index contributed by atoms with van der Waals surface area (Å²) in [5.74, 6) is -0.0568. The summed E-state index contributed by atoms with van der Waals surface area (Å²) in [5.41, 5.74) is 5.77. The van der Waals surface area contributed by atoms with Gasteiger partial charge in [0.05, 0.1) is 6.04 Å². The van der Waals surface area contributed by atoms with Gasteiger partial charge in [0.2, 0.25) is 5.91 Å². The molecule has 0 saturated heterocycles. The second kappa shape index (κ2) is 5.47. The number of carbonyl (C=O) groups excluding carboxylic acids is 1. The van der Waals surface area contributed by atoms with E-state index in [9.17, 15) is 4.79 Å². The summed E-state index contributed by atoms with van der Waals surface area (Å²) in [6, 6.07) is -0.412. The first-order chi connectivity index (χ1) is 7.09. The van der Waals surface area contributed by atoms with Crippen LogP contribution in [0.3, 0.4) is 0 Å². The van der Waals surface area contributed by atoms with Crippen molar-refractivity contribution < 1.29 is 9.53 Å². The first-order valence-electron chi connectivity index (χ1n) is 5.62. The second-order valence-electron chi connectivity index (χ2n) is 4.60. The fourth-order valence-corrected chi connectivity index (χ4v) is 1.95. The van der Waals surface area contributed by atoms with E-state index < -0.39 is 6.04 Å². The molecule has 15 heavy (non-hydrogen) atoms. The van der Waals surface area contributed by atoms with E-state index in [1.807, 2.05) is 0 Å². The molecule has 3 N–H and O–H groups in total. The molecule has 88 valence electrons. The number of hydrogen-bond donors (Lipinski definition) is 2. The monoisotopic (exact) mass is 214 g/mol. The van der Waals surface area contributed by atoms with Crippen LogP contribution in [0.15, 0.2) is 0 Å². The number of nitrogens with two attached hydrogens (primary N) is 1. The normalized spacial score (nSPS) is 20.5. The molecule has 1 amide bonds. The van der Waals surface area contributed by atoms with Crippen LogP contribution in [-0.4, -0.2) is 32.2 Å². The van der Waals surface area contributed by atoms with Crippen LogP contribution in [0.25, 0.3) is 0 Å². The molecule has 0 heterocycles. The first-order valence-corrected chi connectivity index (χ1v) is 5.62. The zero-order valence-electron chi connectivity index (χ0n) is 9.71. The van der Waals surface area contributed by atoms with Gasteiger partial charge in [0.1, 0.15) is 0 Å². The van der Waals surface area contributed by atoms with Crippen LogP contribution in [0.5, 0.6) is 0 Å². The maximum Gasteiger partial charge on any atom is 0.236 e. The largest absolute Gasteiger partial charge is 0.385 e. The number of methoxy groups -OCH3 is 1. The van der Waals surface area contributed by atoms with E-state index in [-0.39, 0.29) is 11.3 Å². The van der Waals surface area contributed by atoms with E-state index in [4.69, 9.17) is 10.5 Å². The molecule has 1 aliphatic rings. The average Bonchev–Trinajstić information content (AvgIpc) is 2.15. The lowest BCUT2D eigenvalue weighted by Gasteiger charge is -2.42. The Morgan fingerprint density at radius 3 is 2.67 bits per heavy atom. The lowest BCUT2D eigenvalue weighted by molar-refractivity contribution is -0.123. The summed E-state index contributed by atoms with van der Waals surface area (Å²) in [5, 5.41) is 2.91. The molecule has 0 bridgehead atoms. The highest BCUT2D eigenvalue weighted by Gasteiger charge is 2.36. The van der Waals surface area contributed by atoms with Crippen molar-refractivity contribution in [2.24, 2.45) is 11.1 Å². The van der Waals surface area contributed by atoms with Crippen molar-refractivity contribution in [3.05, 3.63) is 0 Å². The van der Waals surface area contributed by atoms with Crippen LogP contribution in [0, 0.1) is 5.41 Å². The van der Waals surface area contributed by atoms with E-state index in [2.05, 4.69) is 5.32 Å². The predicted molar refractivity (Wildman–Crippen MR) is 59.4 cm³/mol. The third-order valence-corrected chi connectivity index (χ3v) is 3.30. The van der Waals surface area contributed by atoms with Crippen LogP contribution in [0.1, 0.15) is 32.6 Å². The van der Waals surface area contributed by atoms with Gasteiger partial charge < -0.3 is 15.8 Å². The van der Waals surface area contributed by atoms with E-state index in [0.717, 1.165) is 19.6 Å².